The van der Waals surface area contributed by atoms with Gasteiger partial charge in [0.25, 0.3) is 0 Å². The Labute approximate surface area is 150 Å². The van der Waals surface area contributed by atoms with E-state index < -0.39 is 5.60 Å². The highest BCUT2D eigenvalue weighted by molar-refractivity contribution is 6.30. The molecule has 1 amide bonds. The Hall–Kier alpha value is -1.26. The van der Waals surface area contributed by atoms with Crippen LogP contribution in [0.15, 0.2) is 24.3 Å². The molecule has 0 saturated carbocycles. The van der Waals surface area contributed by atoms with E-state index in [0.29, 0.717) is 5.92 Å². The Morgan fingerprint density at radius 1 is 1.38 bits per heavy atom. The van der Waals surface area contributed by atoms with E-state index in [4.69, 9.17) is 16.3 Å². The summed E-state index contributed by atoms with van der Waals surface area (Å²) in [5.41, 5.74) is 0.774. The molecule has 1 N–H and O–H groups in total. The van der Waals surface area contributed by atoms with Crippen molar-refractivity contribution in [2.75, 3.05) is 19.6 Å². The highest BCUT2D eigenvalue weighted by Gasteiger charge is 2.26. The summed E-state index contributed by atoms with van der Waals surface area (Å²) in [4.78, 5) is 13.9. The summed E-state index contributed by atoms with van der Waals surface area (Å²) in [6, 6.07) is 8.24. The maximum Gasteiger partial charge on any atom is 0.410 e. The summed E-state index contributed by atoms with van der Waals surface area (Å²) in [6.45, 7) is 10.4. The second-order valence-electron chi connectivity index (χ2n) is 7.60. The van der Waals surface area contributed by atoms with E-state index in [0.717, 1.165) is 37.5 Å². The van der Waals surface area contributed by atoms with Crippen molar-refractivity contribution in [2.45, 2.75) is 52.2 Å². The Morgan fingerprint density at radius 3 is 2.62 bits per heavy atom. The van der Waals surface area contributed by atoms with Crippen molar-refractivity contribution in [1.82, 2.24) is 10.2 Å². The van der Waals surface area contributed by atoms with Crippen LogP contribution in [0.25, 0.3) is 0 Å². The zero-order chi connectivity index (χ0) is 17.7. The zero-order valence-electron chi connectivity index (χ0n) is 15.1. The molecule has 0 aliphatic carbocycles. The van der Waals surface area contributed by atoms with Crippen LogP contribution in [0.4, 0.5) is 4.79 Å². The number of halogens is 1. The lowest BCUT2D eigenvalue weighted by molar-refractivity contribution is 0.0183. The van der Waals surface area contributed by atoms with E-state index in [9.17, 15) is 4.79 Å². The van der Waals surface area contributed by atoms with Gasteiger partial charge in [-0.3, -0.25) is 0 Å². The van der Waals surface area contributed by atoms with Crippen LogP contribution >= 0.6 is 11.6 Å². The highest BCUT2D eigenvalue weighted by atomic mass is 35.5. The molecule has 1 aliphatic heterocycles. The van der Waals surface area contributed by atoms with Gasteiger partial charge in [0.1, 0.15) is 5.60 Å². The lowest BCUT2D eigenvalue weighted by Gasteiger charge is -2.34. The number of carbonyl (C=O) groups excluding carboxylic acids is 1. The summed E-state index contributed by atoms with van der Waals surface area (Å²) in [5, 5.41) is 4.36. The van der Waals surface area contributed by atoms with Gasteiger partial charge in [-0.2, -0.15) is 0 Å². The van der Waals surface area contributed by atoms with E-state index in [1.54, 1.807) is 0 Å². The minimum Gasteiger partial charge on any atom is -0.444 e. The molecule has 134 valence electrons. The highest BCUT2D eigenvalue weighted by Crippen LogP contribution is 2.21. The number of ether oxygens (including phenoxy) is 1. The average Bonchev–Trinajstić information content (AvgIpc) is 2.51. The van der Waals surface area contributed by atoms with Gasteiger partial charge < -0.3 is 15.0 Å². The van der Waals surface area contributed by atoms with Gasteiger partial charge in [-0.25, -0.2) is 4.79 Å². The molecule has 1 saturated heterocycles. The molecule has 1 atom stereocenters. The molecular weight excluding hydrogens is 324 g/mol. The van der Waals surface area contributed by atoms with Crippen LogP contribution in [0.1, 0.15) is 52.1 Å². The van der Waals surface area contributed by atoms with Crippen molar-refractivity contribution in [3.05, 3.63) is 34.9 Å². The third-order valence-electron chi connectivity index (χ3n) is 4.33. The number of piperidine rings is 1. The van der Waals surface area contributed by atoms with E-state index >= 15 is 0 Å². The number of benzene rings is 1. The van der Waals surface area contributed by atoms with Gasteiger partial charge >= 0.3 is 6.09 Å². The number of nitrogens with zero attached hydrogens (tertiary/aromatic N) is 1. The fourth-order valence-corrected chi connectivity index (χ4v) is 3.08. The molecule has 0 unspecified atom stereocenters. The van der Waals surface area contributed by atoms with Gasteiger partial charge in [-0.1, -0.05) is 23.7 Å². The minimum atomic E-state index is -0.429. The van der Waals surface area contributed by atoms with Crippen LogP contribution in [-0.2, 0) is 4.74 Å². The number of carbonyl (C=O) groups is 1. The fourth-order valence-electron chi connectivity index (χ4n) is 2.88. The molecule has 0 radical (unpaired) electrons. The van der Waals surface area contributed by atoms with Crippen LogP contribution in [0.5, 0.6) is 0 Å². The first kappa shape index (κ1) is 19.1. The average molecular weight is 353 g/mol. The molecule has 0 spiro atoms. The first-order valence-electron chi connectivity index (χ1n) is 8.71. The summed E-state index contributed by atoms with van der Waals surface area (Å²) < 4.78 is 5.44. The van der Waals surface area contributed by atoms with Crippen molar-refractivity contribution in [1.29, 1.82) is 0 Å². The largest absolute Gasteiger partial charge is 0.444 e. The maximum atomic E-state index is 12.1. The van der Waals surface area contributed by atoms with Crippen LogP contribution in [0.3, 0.4) is 0 Å². The Bertz CT molecular complexity index is 549. The summed E-state index contributed by atoms with van der Waals surface area (Å²) in [7, 11) is 0. The molecule has 24 heavy (non-hydrogen) atoms. The second kappa shape index (κ2) is 8.21. The number of amides is 1. The van der Waals surface area contributed by atoms with Crippen molar-refractivity contribution in [2.24, 2.45) is 5.92 Å². The van der Waals surface area contributed by atoms with E-state index in [-0.39, 0.29) is 12.1 Å². The number of hydrogen-bond acceptors (Lipinski definition) is 3. The van der Waals surface area contributed by atoms with Crippen molar-refractivity contribution >= 4 is 17.7 Å². The first-order chi connectivity index (χ1) is 11.2. The van der Waals surface area contributed by atoms with Crippen LogP contribution in [-0.4, -0.2) is 36.2 Å². The van der Waals surface area contributed by atoms with Crippen molar-refractivity contribution in [3.8, 4) is 0 Å². The molecule has 1 aliphatic rings. The maximum absolute atomic E-state index is 12.1. The van der Waals surface area contributed by atoms with Crippen LogP contribution in [0.2, 0.25) is 5.02 Å². The number of rotatable bonds is 4. The molecule has 0 aromatic heterocycles. The SMILES string of the molecule is C[C@H](NCC1CCN(C(=O)OC(C)(C)C)CC1)c1cccc(Cl)c1. The predicted octanol–water partition coefficient (Wildman–Crippen LogP) is 4.64. The molecule has 1 heterocycles. The Kier molecular flexibility index (Phi) is 6.53. The smallest absolute Gasteiger partial charge is 0.410 e. The van der Waals surface area contributed by atoms with Crippen molar-refractivity contribution in [3.63, 3.8) is 0 Å². The van der Waals surface area contributed by atoms with Crippen LogP contribution in [0, 0.1) is 5.92 Å². The Balaban J connectivity index is 1.74. The molecule has 4 nitrogen and oxygen atoms in total. The molecular formula is C19H29ClN2O2. The number of hydrogen-bond donors (Lipinski definition) is 1. The van der Waals surface area contributed by atoms with Gasteiger partial charge in [0, 0.05) is 24.2 Å². The van der Waals surface area contributed by atoms with E-state index in [2.05, 4.69) is 18.3 Å². The standard InChI is InChI=1S/C19H29ClN2O2/c1-14(16-6-5-7-17(20)12-16)21-13-15-8-10-22(11-9-15)18(23)24-19(2,3)4/h5-7,12,14-15,21H,8-11,13H2,1-4H3/t14-/m0/s1. The van der Waals surface area contributed by atoms with Gasteiger partial charge in [0.05, 0.1) is 0 Å². The molecule has 5 heteroatoms. The van der Waals surface area contributed by atoms with E-state index in [1.807, 2.05) is 43.9 Å². The lowest BCUT2D eigenvalue weighted by Crippen LogP contribution is -2.43. The van der Waals surface area contributed by atoms with Crippen LogP contribution < -0.4 is 5.32 Å². The third-order valence-corrected chi connectivity index (χ3v) is 4.56. The third kappa shape index (κ3) is 5.99. The summed E-state index contributed by atoms with van der Waals surface area (Å²) in [5.74, 6) is 0.588. The number of likely N-dealkylation sites (tertiary alicyclic amines) is 1. The van der Waals surface area contributed by atoms with Gasteiger partial charge in [0.2, 0.25) is 0 Å². The predicted molar refractivity (Wildman–Crippen MR) is 98.4 cm³/mol. The Morgan fingerprint density at radius 2 is 2.04 bits per heavy atom. The molecule has 1 aromatic rings. The minimum absolute atomic E-state index is 0.193. The van der Waals surface area contributed by atoms with Gasteiger partial charge in [0.15, 0.2) is 0 Å². The number of nitrogens with one attached hydrogen (secondary N) is 1. The summed E-state index contributed by atoms with van der Waals surface area (Å²) >= 11 is 6.05. The van der Waals surface area contributed by atoms with Gasteiger partial charge in [-0.15, -0.1) is 0 Å². The molecule has 0 bridgehead atoms. The van der Waals surface area contributed by atoms with Crippen molar-refractivity contribution < 1.29 is 9.53 Å². The molecule has 1 fully saturated rings. The first-order valence-corrected chi connectivity index (χ1v) is 9.09. The normalized spacial score (nSPS) is 17.6. The summed E-state index contributed by atoms with van der Waals surface area (Å²) in [6.07, 6.45) is 1.82. The monoisotopic (exact) mass is 352 g/mol. The zero-order valence-corrected chi connectivity index (χ0v) is 15.9. The second-order valence-corrected chi connectivity index (χ2v) is 8.03. The molecule has 1 aromatic carbocycles. The molecule has 2 rings (SSSR count). The lowest BCUT2D eigenvalue weighted by atomic mass is 9.96. The topological polar surface area (TPSA) is 41.6 Å². The quantitative estimate of drug-likeness (QED) is 0.858. The van der Waals surface area contributed by atoms with E-state index in [1.165, 1.54) is 5.56 Å². The fraction of sp³-hybridized carbons (Fsp3) is 0.632. The van der Waals surface area contributed by atoms with Gasteiger partial charge in [-0.05, 0) is 70.7 Å².